The van der Waals surface area contributed by atoms with Gasteiger partial charge in [0, 0.05) is 35.8 Å². The van der Waals surface area contributed by atoms with E-state index in [9.17, 15) is 4.79 Å². The van der Waals surface area contributed by atoms with Crippen LogP contribution in [-0.4, -0.2) is 22.8 Å². The summed E-state index contributed by atoms with van der Waals surface area (Å²) in [5.41, 5.74) is 2.18. The van der Waals surface area contributed by atoms with Gasteiger partial charge in [-0.15, -0.1) is 0 Å². The maximum Gasteiger partial charge on any atom is 0.335 e. The monoisotopic (exact) mass is 311 g/mol. The molecule has 0 atom stereocenters. The van der Waals surface area contributed by atoms with Crippen LogP contribution in [0.4, 0.5) is 0 Å². The molecule has 3 rings (SSSR count). The first-order valence-electron chi connectivity index (χ1n) is 7.16. The molecule has 5 nitrogen and oxygen atoms in total. The fraction of sp³-hybridized carbons (Fsp3) is 0.167. The van der Waals surface area contributed by atoms with Crippen LogP contribution in [0.25, 0.3) is 10.9 Å². The van der Waals surface area contributed by atoms with E-state index in [2.05, 4.69) is 0 Å². The number of benzene rings is 2. The molecule has 23 heavy (non-hydrogen) atoms. The summed E-state index contributed by atoms with van der Waals surface area (Å²) < 4.78 is 13.0. The van der Waals surface area contributed by atoms with Gasteiger partial charge in [-0.3, -0.25) is 0 Å². The second-order valence-corrected chi connectivity index (χ2v) is 5.27. The van der Waals surface area contributed by atoms with Crippen molar-refractivity contribution in [2.45, 2.75) is 6.61 Å². The minimum absolute atomic E-state index is 0.270. The fourth-order valence-corrected chi connectivity index (χ4v) is 2.57. The molecule has 1 aromatic heterocycles. The Morgan fingerprint density at radius 1 is 1.17 bits per heavy atom. The molecular weight excluding hydrogens is 294 g/mol. The van der Waals surface area contributed by atoms with Gasteiger partial charge in [0.2, 0.25) is 0 Å². The smallest absolute Gasteiger partial charge is 0.335 e. The average Bonchev–Trinajstić information content (AvgIpc) is 2.89. The second kappa shape index (κ2) is 6.04. The molecule has 3 aromatic rings. The number of carboxylic acid groups (broad SMARTS) is 1. The van der Waals surface area contributed by atoms with Gasteiger partial charge in [0.1, 0.15) is 18.1 Å². The number of rotatable bonds is 5. The number of nitrogens with zero attached hydrogens (tertiary/aromatic N) is 1. The molecule has 2 aromatic carbocycles. The topological polar surface area (TPSA) is 60.7 Å². The number of methoxy groups -OCH3 is 1. The molecule has 1 heterocycles. The third-order valence-corrected chi connectivity index (χ3v) is 3.75. The predicted molar refractivity (Wildman–Crippen MR) is 87.2 cm³/mol. The summed E-state index contributed by atoms with van der Waals surface area (Å²) in [6, 6.07) is 12.5. The Morgan fingerprint density at radius 3 is 2.70 bits per heavy atom. The lowest BCUT2D eigenvalue weighted by Gasteiger charge is -2.07. The van der Waals surface area contributed by atoms with E-state index in [4.69, 9.17) is 14.6 Å². The molecule has 0 bridgehead atoms. The largest absolute Gasteiger partial charge is 0.497 e. The molecule has 0 saturated carbocycles. The summed E-state index contributed by atoms with van der Waals surface area (Å²) in [6.07, 6.45) is 1.95. The van der Waals surface area contributed by atoms with Crippen LogP contribution in [0.15, 0.2) is 48.7 Å². The Balaban J connectivity index is 1.90. The molecule has 1 N–H and O–H groups in total. The van der Waals surface area contributed by atoms with Gasteiger partial charge in [-0.2, -0.15) is 0 Å². The van der Waals surface area contributed by atoms with Crippen LogP contribution in [0.1, 0.15) is 15.9 Å². The summed E-state index contributed by atoms with van der Waals surface area (Å²) in [4.78, 5) is 11.2. The number of hydrogen-bond donors (Lipinski definition) is 1. The van der Waals surface area contributed by atoms with Crippen LogP contribution >= 0.6 is 0 Å². The first-order chi connectivity index (χ1) is 11.1. The van der Waals surface area contributed by atoms with Gasteiger partial charge in [-0.25, -0.2) is 4.79 Å². The quantitative estimate of drug-likeness (QED) is 0.784. The van der Waals surface area contributed by atoms with E-state index in [-0.39, 0.29) is 5.56 Å². The lowest BCUT2D eigenvalue weighted by Crippen LogP contribution is -1.97. The molecule has 0 saturated heterocycles. The van der Waals surface area contributed by atoms with E-state index < -0.39 is 5.97 Å². The normalized spacial score (nSPS) is 10.7. The van der Waals surface area contributed by atoms with Gasteiger partial charge >= 0.3 is 5.97 Å². The fourth-order valence-electron chi connectivity index (χ4n) is 2.57. The first kappa shape index (κ1) is 15.0. The van der Waals surface area contributed by atoms with Gasteiger partial charge in [0.05, 0.1) is 12.7 Å². The van der Waals surface area contributed by atoms with Crippen molar-refractivity contribution in [3.8, 4) is 11.5 Å². The molecule has 0 aliphatic rings. The summed E-state index contributed by atoms with van der Waals surface area (Å²) in [6.45, 7) is 0.355. The van der Waals surface area contributed by atoms with E-state index >= 15 is 0 Å². The zero-order valence-electron chi connectivity index (χ0n) is 12.9. The van der Waals surface area contributed by atoms with E-state index in [1.54, 1.807) is 19.2 Å². The standard InChI is InChI=1S/C18H17NO4/c1-19-10-13(11-23-15-5-3-4-14(9-15)22-2)16-8-12(18(20)21)6-7-17(16)19/h3-10H,11H2,1-2H3,(H,20,21). The molecule has 118 valence electrons. The maximum absolute atomic E-state index is 11.2. The van der Waals surface area contributed by atoms with Gasteiger partial charge in [-0.05, 0) is 30.3 Å². The van der Waals surface area contributed by atoms with Crippen LogP contribution in [0.2, 0.25) is 0 Å². The summed E-state index contributed by atoms with van der Waals surface area (Å²) in [5.74, 6) is 0.500. The van der Waals surface area contributed by atoms with Crippen LogP contribution in [0.5, 0.6) is 11.5 Å². The Hall–Kier alpha value is -2.95. The minimum atomic E-state index is -0.935. The number of aromatic carboxylic acids is 1. The number of aromatic nitrogens is 1. The molecule has 0 spiro atoms. The van der Waals surface area contributed by atoms with E-state index in [0.29, 0.717) is 12.4 Å². The highest BCUT2D eigenvalue weighted by molar-refractivity contribution is 5.94. The van der Waals surface area contributed by atoms with Gasteiger partial charge in [-0.1, -0.05) is 6.07 Å². The molecule has 0 amide bonds. The van der Waals surface area contributed by atoms with E-state index in [0.717, 1.165) is 22.2 Å². The first-order valence-corrected chi connectivity index (χ1v) is 7.16. The molecule has 5 heteroatoms. The van der Waals surface area contributed by atoms with Gasteiger partial charge in [0.25, 0.3) is 0 Å². The van der Waals surface area contributed by atoms with Crippen molar-refractivity contribution < 1.29 is 19.4 Å². The molecule has 0 aliphatic carbocycles. The molecular formula is C18H17NO4. The van der Waals surface area contributed by atoms with E-state index in [1.807, 2.05) is 48.1 Å². The Kier molecular flexibility index (Phi) is 3.93. The number of hydrogen-bond acceptors (Lipinski definition) is 3. The van der Waals surface area contributed by atoms with E-state index in [1.165, 1.54) is 0 Å². The lowest BCUT2D eigenvalue weighted by atomic mass is 10.1. The van der Waals surface area contributed by atoms with Gasteiger partial charge < -0.3 is 19.1 Å². The zero-order chi connectivity index (χ0) is 16.4. The average molecular weight is 311 g/mol. The van der Waals surface area contributed by atoms with Crippen molar-refractivity contribution in [3.05, 3.63) is 59.8 Å². The third kappa shape index (κ3) is 2.99. The highest BCUT2D eigenvalue weighted by Gasteiger charge is 2.11. The van der Waals surface area contributed by atoms with Crippen LogP contribution < -0.4 is 9.47 Å². The number of ether oxygens (including phenoxy) is 2. The van der Waals surface area contributed by atoms with Crippen LogP contribution in [0, 0.1) is 0 Å². The molecule has 0 unspecified atom stereocenters. The Labute approximate surface area is 133 Å². The zero-order valence-corrected chi connectivity index (χ0v) is 12.9. The minimum Gasteiger partial charge on any atom is -0.497 e. The SMILES string of the molecule is COc1cccc(OCc2cn(C)c3ccc(C(=O)O)cc23)c1. The number of carbonyl (C=O) groups is 1. The summed E-state index contributed by atoms with van der Waals surface area (Å²) >= 11 is 0. The van der Waals surface area contributed by atoms with Crippen LogP contribution in [0.3, 0.4) is 0 Å². The highest BCUT2D eigenvalue weighted by Crippen LogP contribution is 2.25. The van der Waals surface area contributed by atoms with Crippen molar-refractivity contribution in [1.29, 1.82) is 0 Å². The second-order valence-electron chi connectivity index (χ2n) is 5.27. The Morgan fingerprint density at radius 2 is 1.96 bits per heavy atom. The van der Waals surface area contributed by atoms with Crippen LogP contribution in [-0.2, 0) is 13.7 Å². The van der Waals surface area contributed by atoms with Crippen molar-refractivity contribution in [2.24, 2.45) is 7.05 Å². The lowest BCUT2D eigenvalue weighted by molar-refractivity contribution is 0.0697. The summed E-state index contributed by atoms with van der Waals surface area (Å²) in [5, 5.41) is 10.0. The Bertz CT molecular complexity index is 867. The maximum atomic E-state index is 11.2. The van der Waals surface area contributed by atoms with Crippen molar-refractivity contribution in [3.63, 3.8) is 0 Å². The molecule has 0 aliphatic heterocycles. The number of fused-ring (bicyclic) bond motifs is 1. The van der Waals surface area contributed by atoms with Gasteiger partial charge in [0.15, 0.2) is 0 Å². The summed E-state index contributed by atoms with van der Waals surface area (Å²) in [7, 11) is 3.54. The molecule has 0 fully saturated rings. The van der Waals surface area contributed by atoms with Crippen molar-refractivity contribution in [1.82, 2.24) is 4.57 Å². The number of aryl methyl sites for hydroxylation is 1. The molecule has 0 radical (unpaired) electrons. The van der Waals surface area contributed by atoms with Crippen molar-refractivity contribution >= 4 is 16.9 Å². The number of carboxylic acids is 1. The van der Waals surface area contributed by atoms with Crippen molar-refractivity contribution in [2.75, 3.05) is 7.11 Å². The predicted octanol–water partition coefficient (Wildman–Crippen LogP) is 3.46. The third-order valence-electron chi connectivity index (χ3n) is 3.75. The highest BCUT2D eigenvalue weighted by atomic mass is 16.5.